The second-order valence-electron chi connectivity index (χ2n) is 24.0. The average Bonchev–Trinajstić information content (AvgIpc) is 1.85. The fourth-order valence-corrected chi connectivity index (χ4v) is 15.4. The molecule has 0 radical (unpaired) electrons. The Morgan fingerprint density at radius 2 is 1.73 bits per heavy atom. The van der Waals surface area contributed by atoms with Gasteiger partial charge in [0.05, 0.1) is 37.1 Å². The van der Waals surface area contributed by atoms with Gasteiger partial charge in [-0.05, 0) is 132 Å². The highest BCUT2D eigenvalue weighted by molar-refractivity contribution is 5.92. The molecule has 1 aromatic heterocycles. The number of hydrogen-bond donors (Lipinski definition) is 6. The number of aryl methyl sites for hydroxylation is 1. The maximum atomic E-state index is 15.1. The number of likely N-dealkylation sites (N-methyl/N-ethyl adjacent to an activating group) is 1. The number of para-hydroxylation sites is 1. The fraction of sp³-hybridized carbons (Fsp3) is 0.661. The second kappa shape index (κ2) is 25.7. The van der Waals surface area contributed by atoms with Crippen molar-refractivity contribution >= 4 is 46.4 Å². The number of H-pyrrole nitrogens is 1. The number of benzene rings is 2. The third kappa shape index (κ3) is 11.8. The van der Waals surface area contributed by atoms with Crippen LogP contribution in [0, 0.1) is 18.8 Å². The van der Waals surface area contributed by atoms with Gasteiger partial charge < -0.3 is 54.6 Å². The molecule has 13 atom stereocenters. The van der Waals surface area contributed by atoms with E-state index in [1.54, 1.807) is 0 Å². The van der Waals surface area contributed by atoms with Crippen LogP contribution in [-0.2, 0) is 65.0 Å². The Labute approximate surface area is 476 Å². The van der Waals surface area contributed by atoms with Crippen molar-refractivity contribution < 1.29 is 68.1 Å². The Morgan fingerprint density at radius 3 is 2.43 bits per heavy atom. The average molecular weight is 1130 g/mol. The highest BCUT2D eigenvalue weighted by Gasteiger charge is 2.75. The monoisotopic (exact) mass is 1130 g/mol. The fourth-order valence-electron chi connectivity index (χ4n) is 15.4. The normalized spacial score (nSPS) is 30.3. The van der Waals surface area contributed by atoms with Crippen LogP contribution in [0.15, 0.2) is 48.0 Å². The molecule has 81 heavy (non-hydrogen) atoms. The number of rotatable bonds is 22. The van der Waals surface area contributed by atoms with Crippen LogP contribution in [0.3, 0.4) is 0 Å². The van der Waals surface area contributed by atoms with E-state index in [2.05, 4.69) is 95.2 Å². The number of Topliss-reactive ketones (excluding diaryl/α,β-unsaturated/α-hetero) is 1. The molecule has 6 aliphatic rings. The molecule has 10 unspecified atom stereocenters. The van der Waals surface area contributed by atoms with E-state index in [0.717, 1.165) is 73.3 Å². The number of hydrogen-bond acceptors (Lipinski definition) is 17. The van der Waals surface area contributed by atoms with Crippen LogP contribution in [-0.4, -0.2) is 180 Å². The molecule has 9 rings (SSSR count). The zero-order valence-electron chi connectivity index (χ0n) is 48.7. The molecule has 6 heterocycles. The molecular weight excluding hydrogens is 1040 g/mol. The summed E-state index contributed by atoms with van der Waals surface area (Å²) >= 11 is 0. The van der Waals surface area contributed by atoms with E-state index in [0.29, 0.717) is 45.1 Å². The number of nitrogens with one attached hydrogen (secondary N) is 2. The number of amides is 1. The van der Waals surface area contributed by atoms with Crippen molar-refractivity contribution in [1.82, 2.24) is 20.1 Å². The van der Waals surface area contributed by atoms with E-state index >= 15 is 4.79 Å². The largest absolute Gasteiger partial charge is 0.464 e. The standard InChI is InChI=1S/C61H87N5O12.CO2/c1-9-40-22-26-66-27-24-60-45-30-44(58(6)31-39-32-59(73,11-3)36-65(33-39)25-23-43-42-17-12-13-18-46(42)63-53(43)58)37(4)29-47(45)64(7)57(60)61(74,55(71)52(40)54(60)66)48(68)19-14-15-28-76-56(72)38(5)62-49(69)20-16-21-50(70)77-35-51(75-8)78-41(10-2)34-67;2-1-3/h12-13,17-18,22,29-30,38-39,41,51-52,54-55,57,63,67,71,73-74H,9-11,14-16,19-21,23-28,31-36H2,1-8H3,(H,62,69);/t38?,39?,41?,51?,52?,54?,55-,57?,58-,59?,60?,61-;/m1./s1. The van der Waals surface area contributed by atoms with E-state index in [-0.39, 0.29) is 63.6 Å². The first kappa shape index (κ1) is 61.7. The molecule has 2 saturated heterocycles. The summed E-state index contributed by atoms with van der Waals surface area (Å²) in [5.41, 5.74) is 5.02. The number of ether oxygens (including phenoxy) is 4. The van der Waals surface area contributed by atoms with E-state index in [1.165, 1.54) is 36.2 Å². The van der Waals surface area contributed by atoms with E-state index in [4.69, 9.17) is 28.5 Å². The maximum Gasteiger partial charge on any atom is 0.373 e. The van der Waals surface area contributed by atoms with Gasteiger partial charge in [-0.1, -0.05) is 56.7 Å². The van der Waals surface area contributed by atoms with Crippen LogP contribution in [0.25, 0.3) is 10.9 Å². The first-order chi connectivity index (χ1) is 38.7. The number of piperidine rings is 1. The van der Waals surface area contributed by atoms with Gasteiger partial charge in [-0.25, -0.2) is 4.79 Å². The summed E-state index contributed by atoms with van der Waals surface area (Å²) in [7, 11) is 3.39. The van der Waals surface area contributed by atoms with Crippen LogP contribution in [0.4, 0.5) is 5.69 Å². The van der Waals surface area contributed by atoms with Gasteiger partial charge in [0, 0.05) is 105 Å². The molecule has 3 fully saturated rings. The number of carbonyl (C=O) groups excluding carboxylic acids is 6. The quantitative estimate of drug-likeness (QED) is 0.0332. The smallest absolute Gasteiger partial charge is 0.373 e. The van der Waals surface area contributed by atoms with Crippen LogP contribution in [0.2, 0.25) is 0 Å². The van der Waals surface area contributed by atoms with Gasteiger partial charge in [-0.15, -0.1) is 0 Å². The summed E-state index contributed by atoms with van der Waals surface area (Å²) in [6, 6.07) is 11.4. The van der Waals surface area contributed by atoms with Gasteiger partial charge in [0.25, 0.3) is 0 Å². The summed E-state index contributed by atoms with van der Waals surface area (Å²) in [5, 5.41) is 51.6. The minimum absolute atomic E-state index is 0.0146. The van der Waals surface area contributed by atoms with Crippen molar-refractivity contribution in [3.05, 3.63) is 76.0 Å². The summed E-state index contributed by atoms with van der Waals surface area (Å²) in [6.07, 6.45) is 5.53. The SMILES string of the molecule is CCC1=CCN2CCC34c5cc([C@@]6(C)CC7CN(CCc8c6[nH]c6ccccc86)CC(O)(CC)C7)c(C)cc5N(C)C3[C@@](O)(C(=O)CCCCOC(=O)C(C)NC(=O)CCCC(=O)OCC(OC)OC(CC)CO)[C@H](O)C1C24.O=C=O. The molecule has 3 aromatic rings. The number of esters is 2. The van der Waals surface area contributed by atoms with Crippen molar-refractivity contribution in [2.45, 2.75) is 184 Å². The predicted octanol–water partition coefficient (Wildman–Crippen LogP) is 5.07. The number of aromatic amines is 1. The number of carbonyl (C=O) groups is 4. The van der Waals surface area contributed by atoms with Crippen molar-refractivity contribution in [2.75, 3.05) is 71.6 Å². The first-order valence-corrected chi connectivity index (χ1v) is 29.4. The third-order valence-corrected chi connectivity index (χ3v) is 19.2. The topological polar surface area (TPSA) is 258 Å². The van der Waals surface area contributed by atoms with Gasteiger partial charge in [0.1, 0.15) is 12.6 Å². The van der Waals surface area contributed by atoms with E-state index < -0.39 is 82.2 Å². The zero-order valence-corrected chi connectivity index (χ0v) is 48.7. The molecule has 19 nitrogen and oxygen atoms in total. The van der Waals surface area contributed by atoms with Gasteiger partial charge in [-0.2, -0.15) is 9.59 Å². The number of aliphatic hydroxyl groups is 4. The summed E-state index contributed by atoms with van der Waals surface area (Å²) in [5.74, 6) is -2.30. The number of nitrogens with zero attached hydrogens (tertiary/aromatic N) is 3. The minimum Gasteiger partial charge on any atom is -0.464 e. The van der Waals surface area contributed by atoms with Crippen LogP contribution in [0.1, 0.15) is 140 Å². The van der Waals surface area contributed by atoms with Crippen LogP contribution in [0.5, 0.6) is 0 Å². The van der Waals surface area contributed by atoms with Crippen molar-refractivity contribution in [1.29, 1.82) is 0 Å². The Hall–Kier alpha value is -5.34. The lowest BCUT2D eigenvalue weighted by Gasteiger charge is -2.59. The number of aromatic nitrogens is 1. The lowest BCUT2D eigenvalue weighted by molar-refractivity contribution is -0.194. The lowest BCUT2D eigenvalue weighted by atomic mass is 9.51. The molecule has 1 spiro atoms. The van der Waals surface area contributed by atoms with E-state index in [1.807, 2.05) is 14.0 Å². The van der Waals surface area contributed by atoms with E-state index in [9.17, 15) is 34.8 Å². The number of methoxy groups -OCH3 is 1. The van der Waals surface area contributed by atoms with Crippen molar-refractivity contribution in [3.8, 4) is 0 Å². The predicted molar refractivity (Wildman–Crippen MR) is 301 cm³/mol. The Bertz CT molecular complexity index is 2830. The number of unbranched alkanes of at least 4 members (excludes halogenated alkanes) is 1. The summed E-state index contributed by atoms with van der Waals surface area (Å²) in [4.78, 5) is 80.5. The number of ketones is 1. The van der Waals surface area contributed by atoms with Gasteiger partial charge in [-0.3, -0.25) is 24.2 Å². The maximum absolute atomic E-state index is 15.1. The highest BCUT2D eigenvalue weighted by atomic mass is 16.7. The minimum atomic E-state index is -2.14. The molecule has 19 heteroatoms. The molecule has 2 bridgehead atoms. The number of anilines is 1. The molecule has 5 aliphatic heterocycles. The Kier molecular flexibility index (Phi) is 19.5. The van der Waals surface area contributed by atoms with Crippen LogP contribution >= 0.6 is 0 Å². The highest BCUT2D eigenvalue weighted by Crippen LogP contribution is 2.64. The van der Waals surface area contributed by atoms with Gasteiger partial charge in [0.2, 0.25) is 5.91 Å². The Morgan fingerprint density at radius 1 is 0.975 bits per heavy atom. The molecule has 1 amide bonds. The Balaban J connectivity index is 0.00000281. The molecule has 6 N–H and O–H groups in total. The second-order valence-corrected chi connectivity index (χ2v) is 24.0. The zero-order chi connectivity index (χ0) is 58.6. The lowest BCUT2D eigenvalue weighted by Crippen LogP contribution is -2.77. The summed E-state index contributed by atoms with van der Waals surface area (Å²) < 4.78 is 21.5. The van der Waals surface area contributed by atoms with Crippen LogP contribution < -0.4 is 10.2 Å². The number of aliphatic hydroxyl groups excluding tert-OH is 2. The number of fused-ring (bicyclic) bond motifs is 6. The third-order valence-electron chi connectivity index (χ3n) is 19.2. The summed E-state index contributed by atoms with van der Waals surface area (Å²) in [6.45, 7) is 15.7. The van der Waals surface area contributed by atoms with Crippen molar-refractivity contribution in [2.24, 2.45) is 11.8 Å². The molecule has 1 saturated carbocycles. The molecular formula is C62H87N5O14. The van der Waals surface area contributed by atoms with Gasteiger partial charge >= 0.3 is 18.1 Å². The molecule has 444 valence electrons. The molecule has 1 aliphatic carbocycles. The molecule has 2 aromatic carbocycles. The van der Waals surface area contributed by atoms with Crippen molar-refractivity contribution in [3.63, 3.8) is 0 Å². The van der Waals surface area contributed by atoms with Gasteiger partial charge in [0.15, 0.2) is 17.7 Å². The first-order valence-electron chi connectivity index (χ1n) is 29.4.